The van der Waals surface area contributed by atoms with Crippen LogP contribution in [-0.4, -0.2) is 43.8 Å². The fourth-order valence-electron chi connectivity index (χ4n) is 4.02. The summed E-state index contributed by atoms with van der Waals surface area (Å²) in [5.74, 6) is -0.256. The fourth-order valence-corrected chi connectivity index (χ4v) is 4.02. The Kier molecular flexibility index (Phi) is 5.74. The summed E-state index contributed by atoms with van der Waals surface area (Å²) >= 11 is 0. The van der Waals surface area contributed by atoms with Crippen LogP contribution in [0, 0.1) is 11.3 Å². The Morgan fingerprint density at radius 2 is 1.90 bits per heavy atom. The molecule has 1 aromatic heterocycles. The molecule has 1 amide bonds. The number of aryl methyl sites for hydroxylation is 1. The molecule has 0 bridgehead atoms. The Hall–Kier alpha value is -3.63. The van der Waals surface area contributed by atoms with Crippen LogP contribution in [0.15, 0.2) is 53.3 Å². The highest BCUT2D eigenvalue weighted by atomic mass is 16.5. The van der Waals surface area contributed by atoms with Crippen molar-refractivity contribution in [1.29, 1.82) is 5.26 Å². The Morgan fingerprint density at radius 3 is 2.61 bits per heavy atom. The maximum atomic E-state index is 13.1. The van der Waals surface area contributed by atoms with Gasteiger partial charge in [0.1, 0.15) is 0 Å². The molecule has 1 saturated heterocycles. The van der Waals surface area contributed by atoms with Crippen LogP contribution in [0.3, 0.4) is 0 Å². The molecule has 1 aliphatic rings. The van der Waals surface area contributed by atoms with Gasteiger partial charge in [-0.2, -0.15) is 5.26 Å². The lowest BCUT2D eigenvalue weighted by atomic mass is 10.1. The fraction of sp³-hybridized carbons (Fsp3) is 0.292. The molecule has 2 aromatic carbocycles. The minimum atomic E-state index is -0.256. The molecule has 0 saturated carbocycles. The summed E-state index contributed by atoms with van der Waals surface area (Å²) in [6.45, 7) is 5.14. The lowest BCUT2D eigenvalue weighted by Gasteiger charge is -2.30. The van der Waals surface area contributed by atoms with Crippen molar-refractivity contribution in [3.8, 4) is 6.07 Å². The number of aromatic nitrogens is 1. The van der Waals surface area contributed by atoms with Gasteiger partial charge in [0.25, 0.3) is 11.5 Å². The number of anilines is 2. The van der Waals surface area contributed by atoms with Crippen LogP contribution in [0.1, 0.15) is 22.8 Å². The molecule has 1 fully saturated rings. The molecule has 0 spiro atoms. The van der Waals surface area contributed by atoms with Gasteiger partial charge >= 0.3 is 0 Å². The summed E-state index contributed by atoms with van der Waals surface area (Å²) in [5, 5.41) is 10.3. The van der Waals surface area contributed by atoms with Gasteiger partial charge in [-0.3, -0.25) is 9.59 Å². The van der Waals surface area contributed by atoms with Crippen LogP contribution in [-0.2, 0) is 11.3 Å². The third kappa shape index (κ3) is 3.78. The number of pyridine rings is 1. The van der Waals surface area contributed by atoms with E-state index in [1.54, 1.807) is 46.8 Å². The van der Waals surface area contributed by atoms with Crippen LogP contribution >= 0.6 is 0 Å². The van der Waals surface area contributed by atoms with Gasteiger partial charge in [0.05, 0.1) is 41.6 Å². The summed E-state index contributed by atoms with van der Waals surface area (Å²) < 4.78 is 7.20. The van der Waals surface area contributed by atoms with E-state index < -0.39 is 0 Å². The number of carbonyl (C=O) groups is 1. The van der Waals surface area contributed by atoms with Crippen LogP contribution in [0.4, 0.5) is 11.4 Å². The molecule has 3 aromatic rings. The molecule has 158 valence electrons. The average molecular weight is 416 g/mol. The van der Waals surface area contributed by atoms with E-state index in [0.29, 0.717) is 49.7 Å². The third-order valence-electron chi connectivity index (χ3n) is 5.71. The molecule has 0 aliphatic carbocycles. The lowest BCUT2D eigenvalue weighted by Crippen LogP contribution is -2.37. The lowest BCUT2D eigenvalue weighted by molar-refractivity contribution is 0.0993. The number of hydrogen-bond donors (Lipinski definition) is 0. The number of carbonyl (C=O) groups excluding carboxylic acids is 1. The second kappa shape index (κ2) is 8.62. The first kappa shape index (κ1) is 20.6. The van der Waals surface area contributed by atoms with Gasteiger partial charge in [-0.05, 0) is 37.3 Å². The zero-order valence-electron chi connectivity index (χ0n) is 17.7. The van der Waals surface area contributed by atoms with Crippen molar-refractivity contribution >= 4 is 28.2 Å². The molecule has 7 heteroatoms. The SMILES string of the molecule is CCn1c(=O)cc(N2CCOCC2)c2cc(N(C)C(=O)c3ccccc3C#N)ccc21. The molecule has 0 N–H and O–H groups in total. The minimum Gasteiger partial charge on any atom is -0.378 e. The molecular weight excluding hydrogens is 392 g/mol. The molecule has 0 unspecified atom stereocenters. The van der Waals surface area contributed by atoms with E-state index in [1.165, 1.54) is 0 Å². The van der Waals surface area contributed by atoms with Crippen molar-refractivity contribution in [2.24, 2.45) is 0 Å². The number of nitrogens with zero attached hydrogens (tertiary/aromatic N) is 4. The van der Waals surface area contributed by atoms with E-state index in [9.17, 15) is 14.9 Å². The first-order valence-corrected chi connectivity index (χ1v) is 10.3. The van der Waals surface area contributed by atoms with Crippen molar-refractivity contribution in [2.75, 3.05) is 43.2 Å². The number of benzene rings is 2. The monoisotopic (exact) mass is 416 g/mol. The number of amides is 1. The van der Waals surface area contributed by atoms with Gasteiger partial charge in [0, 0.05) is 43.8 Å². The van der Waals surface area contributed by atoms with E-state index in [0.717, 1.165) is 16.6 Å². The van der Waals surface area contributed by atoms with E-state index in [4.69, 9.17) is 4.74 Å². The molecule has 4 rings (SSSR count). The predicted octanol–water partition coefficient (Wildman–Crippen LogP) is 3.01. The maximum absolute atomic E-state index is 13.1. The highest BCUT2D eigenvalue weighted by Gasteiger charge is 2.20. The Bertz CT molecular complexity index is 1240. The van der Waals surface area contributed by atoms with Crippen LogP contribution < -0.4 is 15.4 Å². The van der Waals surface area contributed by atoms with Crippen molar-refractivity contribution in [3.63, 3.8) is 0 Å². The van der Waals surface area contributed by atoms with Crippen molar-refractivity contribution in [1.82, 2.24) is 4.57 Å². The summed E-state index contributed by atoms with van der Waals surface area (Å²) in [5.41, 5.74) is 3.04. The van der Waals surface area contributed by atoms with Crippen LogP contribution in [0.5, 0.6) is 0 Å². The number of fused-ring (bicyclic) bond motifs is 1. The highest BCUT2D eigenvalue weighted by molar-refractivity contribution is 6.08. The van der Waals surface area contributed by atoms with Crippen molar-refractivity contribution < 1.29 is 9.53 Å². The summed E-state index contributed by atoms with van der Waals surface area (Å²) in [7, 11) is 1.70. The first-order chi connectivity index (χ1) is 15.0. The first-order valence-electron chi connectivity index (χ1n) is 10.3. The van der Waals surface area contributed by atoms with Crippen LogP contribution in [0.2, 0.25) is 0 Å². The Labute approximate surface area is 180 Å². The summed E-state index contributed by atoms with van der Waals surface area (Å²) in [6, 6.07) is 16.2. The number of nitriles is 1. The zero-order chi connectivity index (χ0) is 22.0. The topological polar surface area (TPSA) is 78.6 Å². The molecule has 31 heavy (non-hydrogen) atoms. The van der Waals surface area contributed by atoms with E-state index in [2.05, 4.69) is 11.0 Å². The number of morpholine rings is 1. The van der Waals surface area contributed by atoms with Gasteiger partial charge < -0.3 is 19.1 Å². The van der Waals surface area contributed by atoms with Crippen molar-refractivity contribution in [3.05, 3.63) is 70.0 Å². The Morgan fingerprint density at radius 1 is 1.16 bits per heavy atom. The second-order valence-electron chi connectivity index (χ2n) is 7.43. The van der Waals surface area contributed by atoms with E-state index in [1.807, 2.05) is 25.1 Å². The molecule has 7 nitrogen and oxygen atoms in total. The minimum absolute atomic E-state index is 0.0448. The molecular formula is C24H24N4O3. The van der Waals surface area contributed by atoms with Gasteiger partial charge in [-0.25, -0.2) is 0 Å². The highest BCUT2D eigenvalue weighted by Crippen LogP contribution is 2.30. The molecule has 2 heterocycles. The standard InChI is InChI=1S/C24H24N4O3/c1-3-28-21-9-8-18(26(2)24(30)19-7-5-4-6-17(19)16-25)14-20(21)22(15-23(28)29)27-10-12-31-13-11-27/h4-9,14-15H,3,10-13H2,1-2H3. The quantitative estimate of drug-likeness (QED) is 0.653. The normalized spacial score (nSPS) is 13.8. The van der Waals surface area contributed by atoms with Gasteiger partial charge in [0.15, 0.2) is 0 Å². The maximum Gasteiger partial charge on any atom is 0.259 e. The number of ether oxygens (including phenoxy) is 1. The predicted molar refractivity (Wildman–Crippen MR) is 121 cm³/mol. The second-order valence-corrected chi connectivity index (χ2v) is 7.43. The van der Waals surface area contributed by atoms with Gasteiger partial charge in [-0.1, -0.05) is 12.1 Å². The van der Waals surface area contributed by atoms with E-state index in [-0.39, 0.29) is 11.5 Å². The summed E-state index contributed by atoms with van der Waals surface area (Å²) in [4.78, 5) is 29.5. The Balaban J connectivity index is 1.82. The third-order valence-corrected chi connectivity index (χ3v) is 5.71. The average Bonchev–Trinajstić information content (AvgIpc) is 2.82. The van der Waals surface area contributed by atoms with E-state index >= 15 is 0 Å². The molecule has 0 atom stereocenters. The van der Waals surface area contributed by atoms with Crippen molar-refractivity contribution in [2.45, 2.75) is 13.5 Å². The number of hydrogen-bond acceptors (Lipinski definition) is 5. The number of rotatable bonds is 4. The zero-order valence-corrected chi connectivity index (χ0v) is 17.7. The molecule has 1 aliphatic heterocycles. The molecule has 0 radical (unpaired) electrons. The van der Waals surface area contributed by atoms with Gasteiger partial charge in [0.2, 0.25) is 0 Å². The van der Waals surface area contributed by atoms with Crippen LogP contribution in [0.25, 0.3) is 10.9 Å². The summed E-state index contributed by atoms with van der Waals surface area (Å²) in [6.07, 6.45) is 0. The smallest absolute Gasteiger partial charge is 0.259 e. The largest absolute Gasteiger partial charge is 0.378 e. The van der Waals surface area contributed by atoms with Gasteiger partial charge in [-0.15, -0.1) is 0 Å².